The van der Waals surface area contributed by atoms with E-state index in [9.17, 15) is 14.4 Å². The van der Waals surface area contributed by atoms with E-state index in [0.717, 1.165) is 16.3 Å². The molecule has 156 valence electrons. The van der Waals surface area contributed by atoms with Crippen LogP contribution in [0.2, 0.25) is 0 Å². The van der Waals surface area contributed by atoms with Crippen LogP contribution in [0.4, 0.5) is 11.4 Å². The molecule has 1 aliphatic heterocycles. The number of ether oxygens (including phenoxy) is 1. The number of aliphatic imine (C=N–C) groups is 1. The lowest BCUT2D eigenvalue weighted by Crippen LogP contribution is -2.31. The first kappa shape index (κ1) is 21.4. The van der Waals surface area contributed by atoms with Crippen molar-refractivity contribution in [1.29, 1.82) is 0 Å². The van der Waals surface area contributed by atoms with E-state index < -0.39 is 11.2 Å². The Morgan fingerprint density at radius 3 is 2.43 bits per heavy atom. The Kier molecular flexibility index (Phi) is 6.73. The number of hydrogen-bond donors (Lipinski definition) is 2. The molecule has 2 aromatic carbocycles. The second-order valence-corrected chi connectivity index (χ2v) is 7.53. The summed E-state index contributed by atoms with van der Waals surface area (Å²) in [4.78, 5) is 41.5. The Labute approximate surface area is 177 Å². The second-order valence-electron chi connectivity index (χ2n) is 6.34. The number of thioether (sulfide) groups is 1. The normalized spacial score (nSPS) is 16.7. The van der Waals surface area contributed by atoms with Crippen LogP contribution in [0.15, 0.2) is 53.5 Å². The molecule has 0 spiro atoms. The number of imide groups is 1. The van der Waals surface area contributed by atoms with Gasteiger partial charge in [0.25, 0.3) is 0 Å². The van der Waals surface area contributed by atoms with Gasteiger partial charge in [0.2, 0.25) is 11.8 Å². The van der Waals surface area contributed by atoms with Crippen molar-refractivity contribution in [3.05, 3.63) is 54.1 Å². The van der Waals surface area contributed by atoms with Crippen LogP contribution in [0.3, 0.4) is 0 Å². The van der Waals surface area contributed by atoms with E-state index in [4.69, 9.17) is 9.84 Å². The lowest BCUT2D eigenvalue weighted by molar-refractivity contribution is -0.121. The minimum absolute atomic E-state index is 0.0359. The molecule has 1 aliphatic rings. The molecule has 0 aromatic heterocycles. The van der Waals surface area contributed by atoms with Crippen LogP contribution >= 0.6 is 11.8 Å². The first-order chi connectivity index (χ1) is 14.4. The van der Waals surface area contributed by atoms with Crippen molar-refractivity contribution < 1.29 is 24.2 Å². The Hall–Kier alpha value is -3.33. The molecule has 0 bridgehead atoms. The van der Waals surface area contributed by atoms with Gasteiger partial charge in [-0.05, 0) is 55.5 Å². The smallest absolute Gasteiger partial charge is 0.335 e. The molecule has 1 heterocycles. The second kappa shape index (κ2) is 9.45. The highest BCUT2D eigenvalue weighted by atomic mass is 32.2. The number of amides is 2. The van der Waals surface area contributed by atoms with Crippen molar-refractivity contribution in [3.8, 4) is 5.75 Å². The molecule has 0 unspecified atom stereocenters. The largest absolute Gasteiger partial charge is 0.494 e. The third kappa shape index (κ3) is 4.80. The summed E-state index contributed by atoms with van der Waals surface area (Å²) in [5.41, 5.74) is 1.22. The number of aromatic carboxylic acids is 1. The standard InChI is InChI=1S/C21H21N3O5S/c1-3-29-16-10-6-14(7-11-16)23-21(22-2)30-17-12-18(25)24(19(17)26)15-8-4-13(5-9-15)20(27)28/h4-11,17H,3,12H2,1-2H3,(H,22,23)(H,27,28)/t17-/m0/s1. The summed E-state index contributed by atoms with van der Waals surface area (Å²) in [6.07, 6.45) is 0.0359. The predicted octanol–water partition coefficient (Wildman–Crippen LogP) is 3.25. The van der Waals surface area contributed by atoms with Gasteiger partial charge in [-0.2, -0.15) is 0 Å². The van der Waals surface area contributed by atoms with Crippen LogP contribution in [0.5, 0.6) is 5.75 Å². The van der Waals surface area contributed by atoms with Gasteiger partial charge in [-0.1, -0.05) is 11.8 Å². The van der Waals surface area contributed by atoms with E-state index >= 15 is 0 Å². The summed E-state index contributed by atoms with van der Waals surface area (Å²) < 4.78 is 5.42. The van der Waals surface area contributed by atoms with Gasteiger partial charge in [0, 0.05) is 19.2 Å². The number of nitrogens with zero attached hydrogens (tertiary/aromatic N) is 2. The molecule has 30 heavy (non-hydrogen) atoms. The molecular weight excluding hydrogens is 406 g/mol. The molecule has 1 fully saturated rings. The maximum absolute atomic E-state index is 12.8. The molecular formula is C21H21N3O5S. The Morgan fingerprint density at radius 2 is 1.87 bits per heavy atom. The van der Waals surface area contributed by atoms with Crippen LogP contribution in [-0.4, -0.2) is 47.0 Å². The fraction of sp³-hybridized carbons (Fsp3) is 0.238. The first-order valence-corrected chi connectivity index (χ1v) is 10.1. The van der Waals surface area contributed by atoms with E-state index in [1.165, 1.54) is 36.0 Å². The average molecular weight is 427 g/mol. The van der Waals surface area contributed by atoms with Crippen LogP contribution in [0, 0.1) is 0 Å². The monoisotopic (exact) mass is 427 g/mol. The Morgan fingerprint density at radius 1 is 1.20 bits per heavy atom. The first-order valence-electron chi connectivity index (χ1n) is 9.26. The van der Waals surface area contributed by atoms with Crippen molar-refractivity contribution in [2.24, 2.45) is 4.99 Å². The van der Waals surface area contributed by atoms with Gasteiger partial charge in [-0.15, -0.1) is 0 Å². The van der Waals surface area contributed by atoms with E-state index in [1.807, 2.05) is 31.2 Å². The van der Waals surface area contributed by atoms with Gasteiger partial charge < -0.3 is 15.2 Å². The molecule has 2 amide bonds. The van der Waals surface area contributed by atoms with Gasteiger partial charge in [-0.3, -0.25) is 14.6 Å². The number of carboxylic acids is 1. The average Bonchev–Trinajstić information content (AvgIpc) is 3.02. The highest BCUT2D eigenvalue weighted by Crippen LogP contribution is 2.31. The van der Waals surface area contributed by atoms with Crippen LogP contribution in [0.25, 0.3) is 0 Å². The maximum Gasteiger partial charge on any atom is 0.335 e. The van der Waals surface area contributed by atoms with Crippen molar-refractivity contribution >= 4 is 46.1 Å². The number of benzene rings is 2. The number of rotatable bonds is 6. The fourth-order valence-corrected chi connectivity index (χ4v) is 3.90. The Bertz CT molecular complexity index is 973. The van der Waals surface area contributed by atoms with Gasteiger partial charge in [0.1, 0.15) is 11.0 Å². The molecule has 0 aliphatic carbocycles. The summed E-state index contributed by atoms with van der Waals surface area (Å²) in [5.74, 6) is -1.01. The zero-order chi connectivity index (χ0) is 21.7. The van der Waals surface area contributed by atoms with Gasteiger partial charge >= 0.3 is 5.97 Å². The number of amidine groups is 1. The fourth-order valence-electron chi connectivity index (χ4n) is 2.92. The van der Waals surface area contributed by atoms with Crippen LogP contribution in [0.1, 0.15) is 23.7 Å². The van der Waals surface area contributed by atoms with E-state index in [1.54, 1.807) is 7.05 Å². The van der Waals surface area contributed by atoms with Gasteiger partial charge in [0.15, 0.2) is 5.17 Å². The maximum atomic E-state index is 12.8. The van der Waals surface area contributed by atoms with E-state index in [0.29, 0.717) is 17.5 Å². The van der Waals surface area contributed by atoms with Crippen molar-refractivity contribution in [2.75, 3.05) is 23.9 Å². The number of carbonyl (C=O) groups excluding carboxylic acids is 2. The molecule has 8 nitrogen and oxygen atoms in total. The summed E-state index contributed by atoms with van der Waals surface area (Å²) in [5, 5.41) is 12.0. The zero-order valence-electron chi connectivity index (χ0n) is 16.5. The van der Waals surface area contributed by atoms with Crippen molar-refractivity contribution in [3.63, 3.8) is 0 Å². The highest BCUT2D eigenvalue weighted by Gasteiger charge is 2.40. The molecule has 0 radical (unpaired) electrons. The topological polar surface area (TPSA) is 108 Å². The van der Waals surface area contributed by atoms with Crippen LogP contribution in [-0.2, 0) is 9.59 Å². The third-order valence-electron chi connectivity index (χ3n) is 4.35. The molecule has 3 rings (SSSR count). The summed E-state index contributed by atoms with van der Waals surface area (Å²) >= 11 is 1.18. The molecule has 9 heteroatoms. The molecule has 0 saturated carbocycles. The molecule has 1 atom stereocenters. The third-order valence-corrected chi connectivity index (χ3v) is 5.51. The van der Waals surface area contributed by atoms with E-state index in [-0.39, 0.29) is 23.8 Å². The van der Waals surface area contributed by atoms with E-state index in [2.05, 4.69) is 10.3 Å². The number of nitrogens with one attached hydrogen (secondary N) is 1. The van der Waals surface area contributed by atoms with Crippen molar-refractivity contribution in [2.45, 2.75) is 18.6 Å². The quantitative estimate of drug-likeness (QED) is 0.414. The van der Waals surface area contributed by atoms with Crippen molar-refractivity contribution in [1.82, 2.24) is 0 Å². The number of carbonyl (C=O) groups is 3. The Balaban J connectivity index is 1.67. The lowest BCUT2D eigenvalue weighted by Gasteiger charge is -2.16. The summed E-state index contributed by atoms with van der Waals surface area (Å²) in [6.45, 7) is 2.49. The predicted molar refractivity (Wildman–Crippen MR) is 116 cm³/mol. The number of hydrogen-bond acceptors (Lipinski definition) is 6. The SMILES string of the molecule is CCOc1ccc(NC(=NC)S[C@H]2CC(=O)N(c3ccc(C(=O)O)cc3)C2=O)cc1. The minimum Gasteiger partial charge on any atom is -0.494 e. The highest BCUT2D eigenvalue weighted by molar-refractivity contribution is 8.15. The molecule has 2 aromatic rings. The summed E-state index contributed by atoms with van der Waals surface area (Å²) in [6, 6.07) is 13.0. The van der Waals surface area contributed by atoms with Crippen LogP contribution < -0.4 is 15.0 Å². The number of anilines is 2. The molecule has 2 N–H and O–H groups in total. The summed E-state index contributed by atoms with van der Waals surface area (Å²) in [7, 11) is 1.60. The lowest BCUT2D eigenvalue weighted by atomic mass is 10.2. The van der Waals surface area contributed by atoms with Gasteiger partial charge in [-0.25, -0.2) is 9.69 Å². The zero-order valence-corrected chi connectivity index (χ0v) is 17.3. The van der Waals surface area contributed by atoms with Gasteiger partial charge in [0.05, 0.1) is 17.9 Å². The minimum atomic E-state index is -1.07. The number of carboxylic acid groups (broad SMARTS) is 1. The molecule has 1 saturated heterocycles.